The van der Waals surface area contributed by atoms with Gasteiger partial charge in [-0.15, -0.1) is 0 Å². The van der Waals surface area contributed by atoms with Crippen molar-refractivity contribution in [1.82, 2.24) is 10.6 Å². The largest absolute Gasteiger partial charge is 0.387 e. The van der Waals surface area contributed by atoms with Gasteiger partial charge in [-0.1, -0.05) is 18.2 Å². The van der Waals surface area contributed by atoms with E-state index in [4.69, 9.17) is 0 Å². The van der Waals surface area contributed by atoms with Gasteiger partial charge in [0.05, 0.1) is 11.8 Å². The molecule has 1 heterocycles. The molecule has 3 rings (SSSR count). The molecule has 2 amide bonds. The first-order valence-electron chi connectivity index (χ1n) is 9.41. The van der Waals surface area contributed by atoms with Crippen LogP contribution in [0.5, 0.6) is 0 Å². The van der Waals surface area contributed by atoms with Crippen molar-refractivity contribution < 1.29 is 18.7 Å². The molecule has 1 saturated heterocycles. The molecule has 1 aliphatic rings. The SMILES string of the molecule is Cc1ccc(F)c(N2CCCC(NC(=O)NCC(O)c3ccc(F)cc3)C2)c1. The van der Waals surface area contributed by atoms with Crippen LogP contribution in [-0.2, 0) is 0 Å². The maximum atomic E-state index is 14.1. The number of benzene rings is 2. The first kappa shape index (κ1) is 20.1. The Balaban J connectivity index is 1.51. The van der Waals surface area contributed by atoms with E-state index in [1.165, 1.54) is 30.3 Å². The fourth-order valence-electron chi connectivity index (χ4n) is 3.41. The number of urea groups is 1. The average Bonchev–Trinajstić information content (AvgIpc) is 2.69. The van der Waals surface area contributed by atoms with Gasteiger partial charge >= 0.3 is 6.03 Å². The predicted octanol–water partition coefficient (Wildman–Crippen LogP) is 3.27. The third kappa shape index (κ3) is 5.19. The van der Waals surface area contributed by atoms with Crippen LogP contribution < -0.4 is 15.5 Å². The highest BCUT2D eigenvalue weighted by Gasteiger charge is 2.23. The summed E-state index contributed by atoms with van der Waals surface area (Å²) >= 11 is 0. The number of hydrogen-bond donors (Lipinski definition) is 3. The molecule has 2 aromatic carbocycles. The van der Waals surface area contributed by atoms with Gasteiger partial charge in [-0.3, -0.25) is 0 Å². The third-order valence-corrected chi connectivity index (χ3v) is 4.91. The number of nitrogens with one attached hydrogen (secondary N) is 2. The molecule has 1 aliphatic heterocycles. The Morgan fingerprint density at radius 1 is 1.25 bits per heavy atom. The molecule has 0 radical (unpaired) electrons. The molecule has 2 aromatic rings. The molecule has 28 heavy (non-hydrogen) atoms. The number of amides is 2. The highest BCUT2D eigenvalue weighted by Crippen LogP contribution is 2.24. The summed E-state index contributed by atoms with van der Waals surface area (Å²) in [5.74, 6) is -0.647. The zero-order valence-corrected chi connectivity index (χ0v) is 15.8. The molecule has 2 atom stereocenters. The Morgan fingerprint density at radius 2 is 2.00 bits per heavy atom. The van der Waals surface area contributed by atoms with Crippen LogP contribution in [0.15, 0.2) is 42.5 Å². The lowest BCUT2D eigenvalue weighted by molar-refractivity contribution is 0.172. The summed E-state index contributed by atoms with van der Waals surface area (Å²) in [4.78, 5) is 14.1. The minimum Gasteiger partial charge on any atom is -0.387 e. The molecular weight excluding hydrogens is 364 g/mol. The van der Waals surface area contributed by atoms with Gasteiger partial charge in [-0.05, 0) is 55.2 Å². The van der Waals surface area contributed by atoms with Crippen LogP contribution in [0.25, 0.3) is 0 Å². The summed E-state index contributed by atoms with van der Waals surface area (Å²) in [5, 5.41) is 15.6. The Hall–Kier alpha value is -2.67. The van der Waals surface area contributed by atoms with Gasteiger partial charge in [0.2, 0.25) is 0 Å². The van der Waals surface area contributed by atoms with Crippen LogP contribution in [0.3, 0.4) is 0 Å². The molecule has 0 spiro atoms. The number of aliphatic hydroxyl groups is 1. The van der Waals surface area contributed by atoms with Crippen molar-refractivity contribution in [3.63, 3.8) is 0 Å². The van der Waals surface area contributed by atoms with Gasteiger partial charge in [0, 0.05) is 25.7 Å². The minimum absolute atomic E-state index is 0.0143. The van der Waals surface area contributed by atoms with Gasteiger partial charge in [-0.25, -0.2) is 13.6 Å². The average molecular weight is 389 g/mol. The summed E-state index contributed by atoms with van der Waals surface area (Å²) < 4.78 is 27.1. The fourth-order valence-corrected chi connectivity index (χ4v) is 3.41. The summed E-state index contributed by atoms with van der Waals surface area (Å²) in [6, 6.07) is 10.00. The lowest BCUT2D eigenvalue weighted by Crippen LogP contribution is -2.51. The maximum Gasteiger partial charge on any atom is 0.315 e. The summed E-state index contributed by atoms with van der Waals surface area (Å²) in [5.41, 5.74) is 2.07. The Bertz CT molecular complexity index is 814. The van der Waals surface area contributed by atoms with Crippen molar-refractivity contribution in [2.45, 2.75) is 31.9 Å². The van der Waals surface area contributed by atoms with Crippen molar-refractivity contribution in [1.29, 1.82) is 0 Å². The number of hydrogen-bond acceptors (Lipinski definition) is 3. The number of carbonyl (C=O) groups excluding carboxylic acids is 1. The maximum absolute atomic E-state index is 14.1. The predicted molar refractivity (Wildman–Crippen MR) is 104 cm³/mol. The van der Waals surface area contributed by atoms with Gasteiger partial charge in [0.15, 0.2) is 0 Å². The molecule has 0 saturated carbocycles. The normalized spacial score (nSPS) is 17.9. The first-order chi connectivity index (χ1) is 13.4. The number of aliphatic hydroxyl groups excluding tert-OH is 1. The van der Waals surface area contributed by atoms with E-state index in [-0.39, 0.29) is 24.2 Å². The zero-order chi connectivity index (χ0) is 20.1. The molecule has 5 nitrogen and oxygen atoms in total. The highest BCUT2D eigenvalue weighted by molar-refractivity contribution is 5.74. The van der Waals surface area contributed by atoms with Crippen LogP contribution in [0.4, 0.5) is 19.3 Å². The van der Waals surface area contributed by atoms with E-state index in [0.717, 1.165) is 24.9 Å². The van der Waals surface area contributed by atoms with Gasteiger partial charge in [0.1, 0.15) is 11.6 Å². The Labute approximate surface area is 163 Å². The van der Waals surface area contributed by atoms with E-state index in [2.05, 4.69) is 10.6 Å². The Morgan fingerprint density at radius 3 is 2.75 bits per heavy atom. The van der Waals surface area contributed by atoms with Crippen LogP contribution in [0, 0.1) is 18.6 Å². The minimum atomic E-state index is -0.921. The first-order valence-corrected chi connectivity index (χ1v) is 9.41. The van der Waals surface area contributed by atoms with E-state index in [1.54, 1.807) is 6.07 Å². The second-order valence-electron chi connectivity index (χ2n) is 7.16. The highest BCUT2D eigenvalue weighted by atomic mass is 19.1. The number of rotatable bonds is 5. The summed E-state index contributed by atoms with van der Waals surface area (Å²) in [6.45, 7) is 3.20. The monoisotopic (exact) mass is 389 g/mol. The second-order valence-corrected chi connectivity index (χ2v) is 7.16. The van der Waals surface area contributed by atoms with Crippen molar-refractivity contribution >= 4 is 11.7 Å². The lowest BCUT2D eigenvalue weighted by Gasteiger charge is -2.35. The Kier molecular flexibility index (Phi) is 6.46. The van der Waals surface area contributed by atoms with E-state index < -0.39 is 12.1 Å². The third-order valence-electron chi connectivity index (χ3n) is 4.91. The lowest BCUT2D eigenvalue weighted by atomic mass is 10.0. The number of anilines is 1. The van der Waals surface area contributed by atoms with Crippen LogP contribution in [-0.4, -0.2) is 36.8 Å². The number of aryl methyl sites for hydroxylation is 1. The number of nitrogens with zero attached hydrogens (tertiary/aromatic N) is 1. The van der Waals surface area contributed by atoms with Crippen molar-refractivity contribution in [2.75, 3.05) is 24.5 Å². The van der Waals surface area contributed by atoms with Crippen molar-refractivity contribution in [2.24, 2.45) is 0 Å². The zero-order valence-electron chi connectivity index (χ0n) is 15.8. The van der Waals surface area contributed by atoms with E-state index >= 15 is 0 Å². The number of carbonyl (C=O) groups is 1. The molecule has 150 valence electrons. The molecule has 7 heteroatoms. The fraction of sp³-hybridized carbons (Fsp3) is 0.381. The quantitative estimate of drug-likeness (QED) is 0.735. The molecule has 0 aliphatic carbocycles. The van der Waals surface area contributed by atoms with Gasteiger partial charge in [0.25, 0.3) is 0 Å². The molecule has 0 bridgehead atoms. The number of halogens is 2. The molecule has 2 unspecified atom stereocenters. The van der Waals surface area contributed by atoms with Crippen LogP contribution in [0.2, 0.25) is 0 Å². The van der Waals surface area contributed by atoms with Crippen molar-refractivity contribution in [3.05, 3.63) is 65.2 Å². The number of piperidine rings is 1. The van der Waals surface area contributed by atoms with E-state index in [9.17, 15) is 18.7 Å². The standard InChI is InChI=1S/C21H25F2N3O2/c1-14-4-9-18(23)19(11-14)26-10-2-3-17(13-26)25-21(28)24-12-20(27)15-5-7-16(22)8-6-15/h4-9,11,17,20,27H,2-3,10,12-13H2,1H3,(H2,24,25,28). The van der Waals surface area contributed by atoms with Crippen molar-refractivity contribution in [3.8, 4) is 0 Å². The molecule has 1 fully saturated rings. The molecule has 0 aromatic heterocycles. The van der Waals surface area contributed by atoms with E-state index in [1.807, 2.05) is 17.9 Å². The summed E-state index contributed by atoms with van der Waals surface area (Å²) in [6.07, 6.45) is 0.726. The van der Waals surface area contributed by atoms with Gasteiger partial charge < -0.3 is 20.6 Å². The molecule has 3 N–H and O–H groups in total. The second kappa shape index (κ2) is 9.01. The molecular formula is C21H25F2N3O2. The topological polar surface area (TPSA) is 64.6 Å². The smallest absolute Gasteiger partial charge is 0.315 e. The summed E-state index contributed by atoms with van der Waals surface area (Å²) in [7, 11) is 0. The van der Waals surface area contributed by atoms with E-state index in [0.29, 0.717) is 17.8 Å². The van der Waals surface area contributed by atoms with Crippen LogP contribution in [0.1, 0.15) is 30.1 Å². The van der Waals surface area contributed by atoms with Gasteiger partial charge in [-0.2, -0.15) is 0 Å². The van der Waals surface area contributed by atoms with Crippen LogP contribution >= 0.6 is 0 Å².